The molecule has 0 spiro atoms. The monoisotopic (exact) mass is 525 g/mol. The zero-order chi connectivity index (χ0) is 20.3. The average Bonchev–Trinajstić information content (AvgIpc) is 3.28. The van der Waals surface area contributed by atoms with Crippen LogP contribution < -0.4 is 10.6 Å². The van der Waals surface area contributed by atoms with Crippen LogP contribution in [0.4, 0.5) is 0 Å². The van der Waals surface area contributed by atoms with E-state index in [0.29, 0.717) is 32.8 Å². The smallest absolute Gasteiger partial charge is 0.232 e. The quantitative estimate of drug-likeness (QED) is 0.316. The highest BCUT2D eigenvalue weighted by Crippen LogP contribution is 2.20. The second-order valence-corrected chi connectivity index (χ2v) is 6.97. The van der Waals surface area contributed by atoms with Crippen LogP contribution in [0.15, 0.2) is 59.9 Å². The number of amides is 1. The molecule has 1 aliphatic rings. The SMILES string of the molecule is CCNC(=NCC(C(=O)N1CCOCC1)c1ccccc1)NCCn1cccc1.I. The minimum Gasteiger partial charge on any atom is -0.378 e. The van der Waals surface area contributed by atoms with Crippen molar-refractivity contribution in [1.82, 2.24) is 20.1 Å². The van der Waals surface area contributed by atoms with E-state index < -0.39 is 0 Å². The first-order chi connectivity index (χ1) is 14.3. The molecule has 1 atom stereocenters. The Morgan fingerprint density at radius 3 is 2.47 bits per heavy atom. The Morgan fingerprint density at radius 2 is 1.80 bits per heavy atom. The molecule has 1 saturated heterocycles. The Hall–Kier alpha value is -2.07. The number of morpholine rings is 1. The predicted molar refractivity (Wildman–Crippen MR) is 130 cm³/mol. The lowest BCUT2D eigenvalue weighted by Gasteiger charge is -2.30. The van der Waals surface area contributed by atoms with Gasteiger partial charge >= 0.3 is 0 Å². The molecule has 2 N–H and O–H groups in total. The number of hydrogen-bond donors (Lipinski definition) is 2. The number of halogens is 1. The van der Waals surface area contributed by atoms with Gasteiger partial charge in [-0.25, -0.2) is 0 Å². The van der Waals surface area contributed by atoms with Crippen molar-refractivity contribution in [3.63, 3.8) is 0 Å². The Kier molecular flexibility index (Phi) is 10.7. The van der Waals surface area contributed by atoms with Crippen molar-refractivity contribution in [1.29, 1.82) is 0 Å². The number of guanidine groups is 1. The zero-order valence-corrected chi connectivity index (χ0v) is 19.8. The van der Waals surface area contributed by atoms with Crippen molar-refractivity contribution in [2.75, 3.05) is 45.9 Å². The van der Waals surface area contributed by atoms with Gasteiger partial charge in [0.15, 0.2) is 5.96 Å². The van der Waals surface area contributed by atoms with Crippen molar-refractivity contribution in [3.8, 4) is 0 Å². The van der Waals surface area contributed by atoms with E-state index in [4.69, 9.17) is 9.73 Å². The lowest BCUT2D eigenvalue weighted by atomic mass is 9.97. The Morgan fingerprint density at radius 1 is 1.10 bits per heavy atom. The first-order valence-electron chi connectivity index (χ1n) is 10.3. The predicted octanol–water partition coefficient (Wildman–Crippen LogP) is 2.30. The van der Waals surface area contributed by atoms with Crippen LogP contribution in [0.5, 0.6) is 0 Å². The van der Waals surface area contributed by atoms with E-state index in [1.807, 2.05) is 66.7 Å². The fourth-order valence-electron chi connectivity index (χ4n) is 3.36. The number of carbonyl (C=O) groups excluding carboxylic acids is 1. The highest BCUT2D eigenvalue weighted by Gasteiger charge is 2.27. The normalized spacial score (nSPS) is 15.2. The van der Waals surface area contributed by atoms with Gasteiger partial charge in [0, 0.05) is 45.1 Å². The van der Waals surface area contributed by atoms with Crippen LogP contribution in [-0.2, 0) is 16.1 Å². The molecule has 1 amide bonds. The fourth-order valence-corrected chi connectivity index (χ4v) is 3.36. The molecule has 1 aromatic heterocycles. The number of ether oxygens (including phenoxy) is 1. The van der Waals surface area contributed by atoms with Crippen LogP contribution in [0.1, 0.15) is 18.4 Å². The largest absolute Gasteiger partial charge is 0.378 e. The zero-order valence-electron chi connectivity index (χ0n) is 17.5. The van der Waals surface area contributed by atoms with Crippen molar-refractivity contribution in [3.05, 3.63) is 60.4 Å². The molecule has 30 heavy (non-hydrogen) atoms. The third-order valence-electron chi connectivity index (χ3n) is 4.93. The summed E-state index contributed by atoms with van der Waals surface area (Å²) in [6.07, 6.45) is 4.08. The van der Waals surface area contributed by atoms with Gasteiger partial charge in [-0.2, -0.15) is 0 Å². The summed E-state index contributed by atoms with van der Waals surface area (Å²) in [5.41, 5.74) is 0.996. The van der Waals surface area contributed by atoms with Crippen molar-refractivity contribution < 1.29 is 9.53 Å². The molecule has 1 aliphatic heterocycles. The number of carbonyl (C=O) groups is 1. The van der Waals surface area contributed by atoms with E-state index >= 15 is 0 Å². The van der Waals surface area contributed by atoms with Crippen LogP contribution in [0, 0.1) is 0 Å². The summed E-state index contributed by atoms with van der Waals surface area (Å²) in [4.78, 5) is 19.8. The van der Waals surface area contributed by atoms with Crippen LogP contribution in [-0.4, -0.2) is 67.3 Å². The third-order valence-corrected chi connectivity index (χ3v) is 4.93. The molecule has 0 saturated carbocycles. The molecule has 1 fully saturated rings. The molecule has 8 heteroatoms. The van der Waals surface area contributed by atoms with E-state index in [1.165, 1.54) is 0 Å². The summed E-state index contributed by atoms with van der Waals surface area (Å²) >= 11 is 0. The molecule has 164 valence electrons. The van der Waals surface area contributed by atoms with Gasteiger partial charge in [0.1, 0.15) is 0 Å². The number of nitrogens with one attached hydrogen (secondary N) is 2. The third kappa shape index (κ3) is 7.32. The topological polar surface area (TPSA) is 70.9 Å². The van der Waals surface area contributed by atoms with Gasteiger partial charge in [0.05, 0.1) is 25.7 Å². The van der Waals surface area contributed by atoms with E-state index in [9.17, 15) is 4.79 Å². The highest BCUT2D eigenvalue weighted by atomic mass is 127. The molecular formula is C22H32IN5O2. The van der Waals surface area contributed by atoms with Crippen LogP contribution in [0.25, 0.3) is 0 Å². The first kappa shape index (κ1) is 24.2. The number of hydrogen-bond acceptors (Lipinski definition) is 3. The Bertz CT molecular complexity index is 761. The van der Waals surface area contributed by atoms with Crippen molar-refractivity contribution in [2.45, 2.75) is 19.4 Å². The molecule has 2 heterocycles. The highest BCUT2D eigenvalue weighted by molar-refractivity contribution is 14.0. The second-order valence-electron chi connectivity index (χ2n) is 6.97. The minimum absolute atomic E-state index is 0. The second kappa shape index (κ2) is 13.3. The summed E-state index contributed by atoms with van der Waals surface area (Å²) in [6, 6.07) is 14.0. The maximum atomic E-state index is 13.2. The summed E-state index contributed by atoms with van der Waals surface area (Å²) in [5.74, 6) is 0.552. The molecule has 1 unspecified atom stereocenters. The maximum Gasteiger partial charge on any atom is 0.232 e. The van der Waals surface area contributed by atoms with Gasteiger partial charge in [0.2, 0.25) is 5.91 Å². The summed E-state index contributed by atoms with van der Waals surface area (Å²) in [7, 11) is 0. The Labute approximate surface area is 195 Å². The van der Waals surface area contributed by atoms with Gasteiger partial charge in [0.25, 0.3) is 0 Å². The van der Waals surface area contributed by atoms with E-state index in [-0.39, 0.29) is 35.8 Å². The van der Waals surface area contributed by atoms with E-state index in [2.05, 4.69) is 15.2 Å². The van der Waals surface area contributed by atoms with Gasteiger partial charge in [-0.15, -0.1) is 24.0 Å². The number of nitrogens with zero attached hydrogens (tertiary/aromatic N) is 3. The maximum absolute atomic E-state index is 13.2. The molecule has 0 radical (unpaired) electrons. The van der Waals surface area contributed by atoms with Gasteiger partial charge in [-0.1, -0.05) is 30.3 Å². The molecule has 1 aromatic carbocycles. The van der Waals surface area contributed by atoms with Crippen LogP contribution in [0.2, 0.25) is 0 Å². The summed E-state index contributed by atoms with van der Waals surface area (Å²) in [5, 5.41) is 6.63. The van der Waals surface area contributed by atoms with Crippen molar-refractivity contribution >= 4 is 35.8 Å². The van der Waals surface area contributed by atoms with E-state index in [0.717, 1.165) is 31.2 Å². The lowest BCUT2D eigenvalue weighted by Crippen LogP contribution is -2.44. The average molecular weight is 525 g/mol. The molecule has 2 aromatic rings. The van der Waals surface area contributed by atoms with Crippen molar-refractivity contribution in [2.24, 2.45) is 4.99 Å². The van der Waals surface area contributed by atoms with Crippen LogP contribution in [0.3, 0.4) is 0 Å². The number of aliphatic imine (C=N–C) groups is 1. The van der Waals surface area contributed by atoms with Gasteiger partial charge in [-0.05, 0) is 24.6 Å². The van der Waals surface area contributed by atoms with E-state index in [1.54, 1.807) is 0 Å². The molecule has 3 rings (SSSR count). The minimum atomic E-state index is -0.297. The number of benzene rings is 1. The lowest BCUT2D eigenvalue weighted by molar-refractivity contribution is -0.136. The summed E-state index contributed by atoms with van der Waals surface area (Å²) in [6.45, 7) is 7.29. The summed E-state index contributed by atoms with van der Waals surface area (Å²) < 4.78 is 7.51. The van der Waals surface area contributed by atoms with Crippen LogP contribution >= 0.6 is 24.0 Å². The van der Waals surface area contributed by atoms with Gasteiger partial charge in [-0.3, -0.25) is 9.79 Å². The number of aromatic nitrogens is 1. The molecule has 7 nitrogen and oxygen atoms in total. The fraction of sp³-hybridized carbons (Fsp3) is 0.455. The Balaban J connectivity index is 0.00000320. The standard InChI is InChI=1S/C22H31N5O2.HI/c1-2-23-22(24-10-13-26-11-6-7-12-26)25-18-20(19-8-4-3-5-9-19)21(28)27-14-16-29-17-15-27;/h3-9,11-12,20H,2,10,13-18H2,1H3,(H2,23,24,25);1H. The molecular weight excluding hydrogens is 493 g/mol. The molecule has 0 aliphatic carbocycles. The van der Waals surface area contributed by atoms with Gasteiger partial charge < -0.3 is 24.8 Å². The first-order valence-corrected chi connectivity index (χ1v) is 10.3. The number of rotatable bonds is 8. The molecule has 0 bridgehead atoms.